The van der Waals surface area contributed by atoms with E-state index in [9.17, 15) is 0 Å². The molecular formula is C14H22ClN. The SMILES string of the molecule is CCC(Cl)CCNCc1ccc(C)c(C)c1. The average molecular weight is 240 g/mol. The highest BCUT2D eigenvalue weighted by atomic mass is 35.5. The first kappa shape index (κ1) is 13.5. The highest BCUT2D eigenvalue weighted by Gasteiger charge is 2.00. The van der Waals surface area contributed by atoms with Crippen LogP contribution in [-0.2, 0) is 6.54 Å². The molecule has 0 aromatic heterocycles. The van der Waals surface area contributed by atoms with Crippen LogP contribution in [0.1, 0.15) is 36.5 Å². The number of rotatable bonds is 6. The second kappa shape index (κ2) is 6.93. The van der Waals surface area contributed by atoms with E-state index in [-0.39, 0.29) is 0 Å². The number of alkyl halides is 1. The van der Waals surface area contributed by atoms with E-state index in [1.54, 1.807) is 0 Å². The zero-order chi connectivity index (χ0) is 12.0. The lowest BCUT2D eigenvalue weighted by molar-refractivity contribution is 0.621. The number of hydrogen-bond donors (Lipinski definition) is 1. The lowest BCUT2D eigenvalue weighted by Gasteiger charge is -2.09. The molecule has 1 nitrogen and oxygen atoms in total. The van der Waals surface area contributed by atoms with E-state index >= 15 is 0 Å². The largest absolute Gasteiger partial charge is 0.313 e. The molecule has 1 unspecified atom stereocenters. The van der Waals surface area contributed by atoms with Crippen molar-refractivity contribution in [3.8, 4) is 0 Å². The Labute approximate surface area is 104 Å². The summed E-state index contributed by atoms with van der Waals surface area (Å²) in [5, 5.41) is 3.74. The molecule has 0 fully saturated rings. The minimum atomic E-state index is 0.312. The normalized spacial score (nSPS) is 12.8. The van der Waals surface area contributed by atoms with E-state index in [0.717, 1.165) is 25.9 Å². The van der Waals surface area contributed by atoms with E-state index in [2.05, 4.69) is 44.3 Å². The summed E-state index contributed by atoms with van der Waals surface area (Å²) < 4.78 is 0. The highest BCUT2D eigenvalue weighted by Crippen LogP contribution is 2.10. The first-order chi connectivity index (χ1) is 7.63. The lowest BCUT2D eigenvalue weighted by Crippen LogP contribution is -2.17. The summed E-state index contributed by atoms with van der Waals surface area (Å²) in [6, 6.07) is 6.62. The third-order valence-corrected chi connectivity index (χ3v) is 3.50. The van der Waals surface area contributed by atoms with Crippen molar-refractivity contribution < 1.29 is 0 Å². The van der Waals surface area contributed by atoms with Gasteiger partial charge in [0.05, 0.1) is 0 Å². The fraction of sp³-hybridized carbons (Fsp3) is 0.571. The maximum atomic E-state index is 6.05. The van der Waals surface area contributed by atoms with Crippen molar-refractivity contribution in [2.45, 2.75) is 45.5 Å². The molecular weight excluding hydrogens is 218 g/mol. The van der Waals surface area contributed by atoms with E-state index in [4.69, 9.17) is 11.6 Å². The van der Waals surface area contributed by atoms with E-state index in [1.807, 2.05) is 0 Å². The zero-order valence-electron chi connectivity index (χ0n) is 10.5. The molecule has 0 aliphatic carbocycles. The molecule has 0 bridgehead atoms. The van der Waals surface area contributed by atoms with Gasteiger partial charge in [0.1, 0.15) is 0 Å². The van der Waals surface area contributed by atoms with Crippen LogP contribution >= 0.6 is 11.6 Å². The van der Waals surface area contributed by atoms with Crippen LogP contribution < -0.4 is 5.32 Å². The molecule has 0 heterocycles. The summed E-state index contributed by atoms with van der Waals surface area (Å²) in [6.45, 7) is 8.36. The van der Waals surface area contributed by atoms with Crippen molar-refractivity contribution >= 4 is 11.6 Å². The Morgan fingerprint density at radius 3 is 2.62 bits per heavy atom. The average Bonchev–Trinajstić information content (AvgIpc) is 2.28. The van der Waals surface area contributed by atoms with Gasteiger partial charge in [-0.15, -0.1) is 11.6 Å². The van der Waals surface area contributed by atoms with Crippen LogP contribution in [0.15, 0.2) is 18.2 Å². The van der Waals surface area contributed by atoms with Gasteiger partial charge in [-0.1, -0.05) is 25.1 Å². The summed E-state index contributed by atoms with van der Waals surface area (Å²) in [4.78, 5) is 0. The van der Waals surface area contributed by atoms with Crippen molar-refractivity contribution in [1.82, 2.24) is 5.32 Å². The Hall–Kier alpha value is -0.530. The summed E-state index contributed by atoms with van der Waals surface area (Å²) in [6.07, 6.45) is 2.09. The van der Waals surface area contributed by atoms with Gasteiger partial charge in [-0.3, -0.25) is 0 Å². The van der Waals surface area contributed by atoms with Crippen LogP contribution in [0.2, 0.25) is 0 Å². The Morgan fingerprint density at radius 1 is 1.25 bits per heavy atom. The molecule has 1 N–H and O–H groups in total. The Morgan fingerprint density at radius 2 is 2.00 bits per heavy atom. The smallest absolute Gasteiger partial charge is 0.0345 e. The molecule has 2 heteroatoms. The van der Waals surface area contributed by atoms with Gasteiger partial charge in [0.25, 0.3) is 0 Å². The molecule has 0 spiro atoms. The van der Waals surface area contributed by atoms with Crippen molar-refractivity contribution in [2.24, 2.45) is 0 Å². The predicted octanol–water partition coefficient (Wildman–Crippen LogP) is 3.80. The van der Waals surface area contributed by atoms with Crippen molar-refractivity contribution in [3.05, 3.63) is 34.9 Å². The third-order valence-electron chi connectivity index (χ3n) is 2.98. The fourth-order valence-electron chi connectivity index (χ4n) is 1.61. The second-order valence-corrected chi connectivity index (χ2v) is 5.01. The molecule has 0 aliphatic rings. The molecule has 1 aromatic carbocycles. The predicted molar refractivity (Wildman–Crippen MR) is 72.2 cm³/mol. The summed E-state index contributed by atoms with van der Waals surface area (Å²) in [7, 11) is 0. The van der Waals surface area contributed by atoms with Crippen molar-refractivity contribution in [3.63, 3.8) is 0 Å². The van der Waals surface area contributed by atoms with Crippen LogP contribution in [0.25, 0.3) is 0 Å². The minimum Gasteiger partial charge on any atom is -0.313 e. The molecule has 1 atom stereocenters. The number of benzene rings is 1. The quantitative estimate of drug-likeness (QED) is 0.588. The number of aryl methyl sites for hydroxylation is 2. The first-order valence-corrected chi connectivity index (χ1v) is 6.48. The second-order valence-electron chi connectivity index (χ2n) is 4.39. The van der Waals surface area contributed by atoms with E-state index < -0.39 is 0 Å². The van der Waals surface area contributed by atoms with Gasteiger partial charge < -0.3 is 5.32 Å². The molecule has 0 radical (unpaired) electrons. The monoisotopic (exact) mass is 239 g/mol. The molecule has 90 valence electrons. The number of halogens is 1. The maximum Gasteiger partial charge on any atom is 0.0345 e. The van der Waals surface area contributed by atoms with Crippen LogP contribution in [0, 0.1) is 13.8 Å². The van der Waals surface area contributed by atoms with Crippen molar-refractivity contribution in [2.75, 3.05) is 6.54 Å². The number of hydrogen-bond acceptors (Lipinski definition) is 1. The van der Waals surface area contributed by atoms with Crippen LogP contribution in [0.5, 0.6) is 0 Å². The molecule has 0 saturated heterocycles. The Kier molecular flexibility index (Phi) is 5.86. The summed E-state index contributed by atoms with van der Waals surface area (Å²) >= 11 is 6.05. The van der Waals surface area contributed by atoms with E-state index in [1.165, 1.54) is 16.7 Å². The zero-order valence-corrected chi connectivity index (χ0v) is 11.3. The topological polar surface area (TPSA) is 12.0 Å². The molecule has 1 rings (SSSR count). The first-order valence-electron chi connectivity index (χ1n) is 6.04. The summed E-state index contributed by atoms with van der Waals surface area (Å²) in [5.41, 5.74) is 4.07. The molecule has 16 heavy (non-hydrogen) atoms. The molecule has 0 saturated carbocycles. The third kappa shape index (κ3) is 4.54. The van der Waals surface area contributed by atoms with Gasteiger partial charge in [0, 0.05) is 11.9 Å². The van der Waals surface area contributed by atoms with Gasteiger partial charge in [-0.2, -0.15) is 0 Å². The maximum absolute atomic E-state index is 6.05. The van der Waals surface area contributed by atoms with Crippen molar-refractivity contribution in [1.29, 1.82) is 0 Å². The lowest BCUT2D eigenvalue weighted by atomic mass is 10.1. The van der Waals surface area contributed by atoms with Crippen LogP contribution in [0.4, 0.5) is 0 Å². The summed E-state index contributed by atoms with van der Waals surface area (Å²) in [5.74, 6) is 0. The molecule has 1 aromatic rings. The molecule has 0 amide bonds. The minimum absolute atomic E-state index is 0.312. The van der Waals surface area contributed by atoms with E-state index in [0.29, 0.717) is 5.38 Å². The van der Waals surface area contributed by atoms with Gasteiger partial charge in [-0.25, -0.2) is 0 Å². The fourth-order valence-corrected chi connectivity index (χ4v) is 1.72. The Bertz CT molecular complexity index is 323. The van der Waals surface area contributed by atoms with Crippen LogP contribution in [-0.4, -0.2) is 11.9 Å². The van der Waals surface area contributed by atoms with Gasteiger partial charge in [-0.05, 0) is 49.9 Å². The van der Waals surface area contributed by atoms with Gasteiger partial charge in [0.2, 0.25) is 0 Å². The molecule has 0 aliphatic heterocycles. The van der Waals surface area contributed by atoms with Gasteiger partial charge >= 0.3 is 0 Å². The van der Waals surface area contributed by atoms with Gasteiger partial charge in [0.15, 0.2) is 0 Å². The van der Waals surface area contributed by atoms with Crippen LogP contribution in [0.3, 0.4) is 0 Å². The highest BCUT2D eigenvalue weighted by molar-refractivity contribution is 6.20. The standard InChI is InChI=1S/C14H22ClN/c1-4-14(15)7-8-16-10-13-6-5-11(2)12(3)9-13/h5-6,9,14,16H,4,7-8,10H2,1-3H3. The number of nitrogens with one attached hydrogen (secondary N) is 1. The Balaban J connectivity index is 2.29.